The van der Waals surface area contributed by atoms with Gasteiger partial charge in [-0.1, -0.05) is 25.1 Å². The minimum Gasteiger partial charge on any atom is -0.392 e. The SMILES string of the molecule is CCN1CCN(S(=O)(=O)c2ccccc2CO)CC1C. The Bertz CT molecular complexity index is 559. The predicted molar refractivity (Wildman–Crippen MR) is 77.8 cm³/mol. The van der Waals surface area contributed by atoms with E-state index in [4.69, 9.17) is 0 Å². The first-order chi connectivity index (χ1) is 9.50. The molecule has 1 aliphatic rings. The maximum Gasteiger partial charge on any atom is 0.243 e. The summed E-state index contributed by atoms with van der Waals surface area (Å²) in [5.41, 5.74) is 0.457. The van der Waals surface area contributed by atoms with Crippen molar-refractivity contribution in [2.75, 3.05) is 26.2 Å². The van der Waals surface area contributed by atoms with Gasteiger partial charge in [-0.2, -0.15) is 4.31 Å². The van der Waals surface area contributed by atoms with Crippen molar-refractivity contribution in [3.05, 3.63) is 29.8 Å². The molecule has 0 aliphatic carbocycles. The number of nitrogens with zero attached hydrogens (tertiary/aromatic N) is 2. The van der Waals surface area contributed by atoms with E-state index >= 15 is 0 Å². The highest BCUT2D eigenvalue weighted by Gasteiger charge is 2.32. The molecule has 1 atom stereocenters. The standard InChI is InChI=1S/C14H22N2O3S/c1-3-15-8-9-16(10-12(15)2)20(18,19)14-7-5-4-6-13(14)11-17/h4-7,12,17H,3,8-11H2,1-2H3. The van der Waals surface area contributed by atoms with E-state index in [1.165, 1.54) is 4.31 Å². The largest absolute Gasteiger partial charge is 0.392 e. The van der Waals surface area contributed by atoms with Crippen LogP contribution in [0.4, 0.5) is 0 Å². The van der Waals surface area contributed by atoms with Gasteiger partial charge in [-0.05, 0) is 25.1 Å². The summed E-state index contributed by atoms with van der Waals surface area (Å²) in [6.45, 7) is 6.54. The van der Waals surface area contributed by atoms with Crippen LogP contribution in [0.25, 0.3) is 0 Å². The van der Waals surface area contributed by atoms with E-state index in [2.05, 4.69) is 11.8 Å². The second-order valence-electron chi connectivity index (χ2n) is 5.11. The van der Waals surface area contributed by atoms with Crippen molar-refractivity contribution in [2.45, 2.75) is 31.4 Å². The minimum atomic E-state index is -3.52. The molecular formula is C14H22N2O3S. The summed E-state index contributed by atoms with van der Waals surface area (Å²) in [5, 5.41) is 9.32. The van der Waals surface area contributed by atoms with Crippen LogP contribution in [-0.4, -0.2) is 55.0 Å². The number of hydrogen-bond acceptors (Lipinski definition) is 4. The summed E-state index contributed by atoms with van der Waals surface area (Å²) >= 11 is 0. The predicted octanol–water partition coefficient (Wildman–Crippen LogP) is 0.894. The molecule has 5 nitrogen and oxygen atoms in total. The maximum absolute atomic E-state index is 12.7. The van der Waals surface area contributed by atoms with E-state index in [0.29, 0.717) is 18.7 Å². The number of hydrogen-bond donors (Lipinski definition) is 1. The normalized spacial score (nSPS) is 22.1. The van der Waals surface area contributed by atoms with Gasteiger partial charge in [0.1, 0.15) is 0 Å². The molecule has 1 aromatic carbocycles. The number of aliphatic hydroxyl groups excluding tert-OH is 1. The Hall–Kier alpha value is -0.950. The number of sulfonamides is 1. The van der Waals surface area contributed by atoms with E-state index < -0.39 is 10.0 Å². The van der Waals surface area contributed by atoms with Crippen LogP contribution in [0, 0.1) is 0 Å². The van der Waals surface area contributed by atoms with Crippen molar-refractivity contribution in [2.24, 2.45) is 0 Å². The number of benzene rings is 1. The molecule has 6 heteroatoms. The second kappa shape index (κ2) is 6.22. The van der Waals surface area contributed by atoms with Crippen LogP contribution < -0.4 is 0 Å². The molecule has 1 saturated heterocycles. The molecule has 1 heterocycles. The fraction of sp³-hybridized carbons (Fsp3) is 0.571. The van der Waals surface area contributed by atoms with Crippen molar-refractivity contribution < 1.29 is 13.5 Å². The summed E-state index contributed by atoms with van der Waals surface area (Å²) in [6, 6.07) is 6.86. The monoisotopic (exact) mass is 298 g/mol. The fourth-order valence-electron chi connectivity index (χ4n) is 2.68. The first-order valence-electron chi connectivity index (χ1n) is 6.93. The van der Waals surface area contributed by atoms with Crippen LogP contribution in [0.1, 0.15) is 19.4 Å². The van der Waals surface area contributed by atoms with E-state index in [9.17, 15) is 13.5 Å². The van der Waals surface area contributed by atoms with Crippen molar-refractivity contribution in [1.82, 2.24) is 9.21 Å². The number of aliphatic hydroxyl groups is 1. The molecule has 1 aromatic rings. The van der Waals surface area contributed by atoms with Gasteiger partial charge in [-0.3, -0.25) is 4.90 Å². The molecule has 20 heavy (non-hydrogen) atoms. The first kappa shape index (κ1) is 15.4. The molecule has 2 rings (SSSR count). The lowest BCUT2D eigenvalue weighted by Gasteiger charge is -2.38. The third-order valence-electron chi connectivity index (χ3n) is 3.89. The maximum atomic E-state index is 12.7. The highest BCUT2D eigenvalue weighted by molar-refractivity contribution is 7.89. The van der Waals surface area contributed by atoms with Gasteiger partial charge < -0.3 is 5.11 Å². The average molecular weight is 298 g/mol. The molecule has 0 spiro atoms. The van der Waals surface area contributed by atoms with Crippen LogP contribution >= 0.6 is 0 Å². The molecule has 112 valence electrons. The van der Waals surface area contributed by atoms with Gasteiger partial charge in [0.05, 0.1) is 11.5 Å². The number of likely N-dealkylation sites (N-methyl/N-ethyl adjacent to an activating group) is 1. The lowest BCUT2D eigenvalue weighted by atomic mass is 10.2. The lowest BCUT2D eigenvalue weighted by Crippen LogP contribution is -2.53. The van der Waals surface area contributed by atoms with Crippen LogP contribution in [0.5, 0.6) is 0 Å². The summed E-state index contributed by atoms with van der Waals surface area (Å²) in [5.74, 6) is 0. The smallest absolute Gasteiger partial charge is 0.243 e. The quantitative estimate of drug-likeness (QED) is 0.897. The highest BCUT2D eigenvalue weighted by atomic mass is 32.2. The zero-order chi connectivity index (χ0) is 14.8. The van der Waals surface area contributed by atoms with Gasteiger partial charge in [-0.25, -0.2) is 8.42 Å². The Balaban J connectivity index is 2.27. The zero-order valence-electron chi connectivity index (χ0n) is 12.0. The highest BCUT2D eigenvalue weighted by Crippen LogP contribution is 2.23. The Morgan fingerprint density at radius 2 is 2.00 bits per heavy atom. The van der Waals surface area contributed by atoms with Crippen molar-refractivity contribution in [3.63, 3.8) is 0 Å². The van der Waals surface area contributed by atoms with E-state index in [1.807, 2.05) is 6.92 Å². The molecule has 0 saturated carbocycles. The molecule has 1 unspecified atom stereocenters. The number of piperazine rings is 1. The van der Waals surface area contributed by atoms with E-state index in [0.717, 1.165) is 13.1 Å². The summed E-state index contributed by atoms with van der Waals surface area (Å²) < 4.78 is 26.9. The van der Waals surface area contributed by atoms with Gasteiger partial charge in [0.15, 0.2) is 0 Å². The first-order valence-corrected chi connectivity index (χ1v) is 8.37. The van der Waals surface area contributed by atoms with Crippen molar-refractivity contribution >= 4 is 10.0 Å². The third kappa shape index (κ3) is 2.88. The van der Waals surface area contributed by atoms with Gasteiger partial charge in [0, 0.05) is 25.7 Å². The Labute approximate surface area is 120 Å². The lowest BCUT2D eigenvalue weighted by molar-refractivity contribution is 0.135. The summed E-state index contributed by atoms with van der Waals surface area (Å²) in [7, 11) is -3.52. The van der Waals surface area contributed by atoms with Gasteiger partial charge in [0.2, 0.25) is 10.0 Å². The Morgan fingerprint density at radius 3 is 2.60 bits per heavy atom. The molecule has 1 fully saturated rings. The topological polar surface area (TPSA) is 60.9 Å². The van der Waals surface area contributed by atoms with E-state index in [1.54, 1.807) is 24.3 Å². The Kier molecular flexibility index (Phi) is 4.80. The molecule has 1 N–H and O–H groups in total. The molecule has 0 bridgehead atoms. The number of rotatable bonds is 4. The minimum absolute atomic E-state index is 0.213. The second-order valence-corrected chi connectivity index (χ2v) is 7.01. The van der Waals surface area contributed by atoms with Crippen LogP contribution in [0.2, 0.25) is 0 Å². The molecule has 0 aromatic heterocycles. The molecular weight excluding hydrogens is 276 g/mol. The van der Waals surface area contributed by atoms with E-state index in [-0.39, 0.29) is 17.5 Å². The average Bonchev–Trinajstić information content (AvgIpc) is 2.47. The van der Waals surface area contributed by atoms with Crippen molar-refractivity contribution in [3.8, 4) is 0 Å². The van der Waals surface area contributed by atoms with Crippen LogP contribution in [-0.2, 0) is 16.6 Å². The van der Waals surface area contributed by atoms with Gasteiger partial charge in [0.25, 0.3) is 0 Å². The summed E-state index contributed by atoms with van der Waals surface area (Å²) in [4.78, 5) is 2.49. The Morgan fingerprint density at radius 1 is 1.30 bits per heavy atom. The van der Waals surface area contributed by atoms with Gasteiger partial charge in [-0.15, -0.1) is 0 Å². The van der Waals surface area contributed by atoms with Crippen LogP contribution in [0.3, 0.4) is 0 Å². The fourth-order valence-corrected chi connectivity index (χ4v) is 4.40. The van der Waals surface area contributed by atoms with Gasteiger partial charge >= 0.3 is 0 Å². The molecule has 0 radical (unpaired) electrons. The van der Waals surface area contributed by atoms with Crippen LogP contribution in [0.15, 0.2) is 29.2 Å². The third-order valence-corrected chi connectivity index (χ3v) is 5.86. The molecule has 1 aliphatic heterocycles. The summed E-state index contributed by atoms with van der Waals surface area (Å²) in [6.07, 6.45) is 0. The molecule has 0 amide bonds. The zero-order valence-corrected chi connectivity index (χ0v) is 12.8. The van der Waals surface area contributed by atoms with Crippen molar-refractivity contribution in [1.29, 1.82) is 0 Å².